The highest BCUT2D eigenvalue weighted by molar-refractivity contribution is 7.07. The molecule has 6 heteroatoms. The summed E-state index contributed by atoms with van der Waals surface area (Å²) in [6.07, 6.45) is 2.43. The van der Waals surface area contributed by atoms with Gasteiger partial charge in [-0.3, -0.25) is 0 Å². The van der Waals surface area contributed by atoms with Gasteiger partial charge in [0, 0.05) is 19.6 Å². The monoisotopic (exact) mass is 296 g/mol. The Bertz CT molecular complexity index is 471. The average molecular weight is 296 g/mol. The molecule has 1 heterocycles. The maximum atomic E-state index is 12.5. The van der Waals surface area contributed by atoms with E-state index in [0.717, 1.165) is 18.4 Å². The van der Waals surface area contributed by atoms with Crippen molar-refractivity contribution in [1.82, 2.24) is 9.80 Å². The summed E-state index contributed by atoms with van der Waals surface area (Å²) in [6.45, 7) is 2.34. The summed E-state index contributed by atoms with van der Waals surface area (Å²) >= 11 is 1.60. The quantitative estimate of drug-likeness (QED) is 0.878. The zero-order chi connectivity index (χ0) is 14.7. The second-order valence-corrected chi connectivity index (χ2v) is 5.93. The van der Waals surface area contributed by atoms with E-state index in [4.69, 9.17) is 0 Å². The molecule has 1 N–H and O–H groups in total. The fraction of sp³-hybridized carbons (Fsp3) is 0.571. The standard InChI is InChI=1S/C14H20N2O3S/c1-3-12(13(17)18)15(2)14(19)16(11-4-5-11)8-10-6-7-20-9-10/h6-7,9,11-12H,3-5,8H2,1-2H3,(H,17,18). The lowest BCUT2D eigenvalue weighted by atomic mass is 10.2. The van der Waals surface area contributed by atoms with Gasteiger partial charge < -0.3 is 14.9 Å². The fourth-order valence-electron chi connectivity index (χ4n) is 2.27. The van der Waals surface area contributed by atoms with E-state index in [9.17, 15) is 14.7 Å². The molecule has 1 unspecified atom stereocenters. The lowest BCUT2D eigenvalue weighted by Crippen LogP contribution is -2.49. The first-order valence-electron chi connectivity index (χ1n) is 6.82. The summed E-state index contributed by atoms with van der Waals surface area (Å²) in [4.78, 5) is 26.9. The number of carboxylic acids is 1. The van der Waals surface area contributed by atoms with Gasteiger partial charge in [0.15, 0.2) is 0 Å². The van der Waals surface area contributed by atoms with Crippen molar-refractivity contribution in [1.29, 1.82) is 0 Å². The Morgan fingerprint density at radius 2 is 2.20 bits per heavy atom. The van der Waals surface area contributed by atoms with Gasteiger partial charge in [0.1, 0.15) is 6.04 Å². The smallest absolute Gasteiger partial charge is 0.326 e. The highest BCUT2D eigenvalue weighted by atomic mass is 32.1. The van der Waals surface area contributed by atoms with E-state index in [2.05, 4.69) is 0 Å². The molecule has 0 aromatic carbocycles. The first-order valence-corrected chi connectivity index (χ1v) is 7.76. The van der Waals surface area contributed by atoms with Crippen LogP contribution in [0.3, 0.4) is 0 Å². The molecule has 0 saturated heterocycles. The predicted molar refractivity (Wildman–Crippen MR) is 77.8 cm³/mol. The molecule has 110 valence electrons. The molecule has 2 rings (SSSR count). The molecule has 1 aromatic heterocycles. The van der Waals surface area contributed by atoms with Crippen molar-refractivity contribution in [2.75, 3.05) is 7.05 Å². The Labute approximate surface area is 122 Å². The van der Waals surface area contributed by atoms with Crippen molar-refractivity contribution in [3.05, 3.63) is 22.4 Å². The molecule has 1 aliphatic carbocycles. The van der Waals surface area contributed by atoms with Gasteiger partial charge in [-0.25, -0.2) is 9.59 Å². The molecular weight excluding hydrogens is 276 g/mol. The van der Waals surface area contributed by atoms with Crippen LogP contribution in [0.15, 0.2) is 16.8 Å². The van der Waals surface area contributed by atoms with Gasteiger partial charge in [0.05, 0.1) is 0 Å². The second kappa shape index (κ2) is 6.26. The minimum Gasteiger partial charge on any atom is -0.480 e. The lowest BCUT2D eigenvalue weighted by Gasteiger charge is -2.31. The van der Waals surface area contributed by atoms with Crippen LogP contribution in [0.4, 0.5) is 4.79 Å². The number of hydrogen-bond acceptors (Lipinski definition) is 3. The number of carbonyl (C=O) groups is 2. The number of hydrogen-bond donors (Lipinski definition) is 1. The molecule has 20 heavy (non-hydrogen) atoms. The van der Waals surface area contributed by atoms with E-state index < -0.39 is 12.0 Å². The van der Waals surface area contributed by atoms with Gasteiger partial charge in [-0.15, -0.1) is 0 Å². The Kier molecular flexibility index (Phi) is 4.65. The number of carboxylic acid groups (broad SMARTS) is 1. The predicted octanol–water partition coefficient (Wildman–Crippen LogP) is 2.63. The first-order chi connectivity index (χ1) is 9.54. The minimum absolute atomic E-state index is 0.187. The maximum absolute atomic E-state index is 12.5. The Morgan fingerprint density at radius 3 is 2.65 bits per heavy atom. The average Bonchev–Trinajstić information content (AvgIpc) is 3.12. The molecule has 0 aliphatic heterocycles. The number of carbonyl (C=O) groups excluding carboxylic acids is 1. The van der Waals surface area contributed by atoms with Gasteiger partial charge in [-0.05, 0) is 41.7 Å². The zero-order valence-corrected chi connectivity index (χ0v) is 12.6. The number of amides is 2. The van der Waals surface area contributed by atoms with Crippen LogP contribution in [0.5, 0.6) is 0 Å². The van der Waals surface area contributed by atoms with Crippen LogP contribution in [0, 0.1) is 0 Å². The molecular formula is C14H20N2O3S. The first kappa shape index (κ1) is 14.8. The van der Waals surface area contributed by atoms with Crippen molar-refractivity contribution < 1.29 is 14.7 Å². The third kappa shape index (κ3) is 3.30. The fourth-order valence-corrected chi connectivity index (χ4v) is 2.93. The van der Waals surface area contributed by atoms with Gasteiger partial charge in [0.2, 0.25) is 0 Å². The van der Waals surface area contributed by atoms with Gasteiger partial charge in [0.25, 0.3) is 0 Å². The number of likely N-dealkylation sites (N-methyl/N-ethyl adjacent to an activating group) is 1. The molecule has 0 bridgehead atoms. The summed E-state index contributed by atoms with van der Waals surface area (Å²) in [7, 11) is 1.58. The van der Waals surface area contributed by atoms with Crippen LogP contribution in [-0.2, 0) is 11.3 Å². The van der Waals surface area contributed by atoms with E-state index in [1.165, 1.54) is 4.90 Å². The van der Waals surface area contributed by atoms with Crippen molar-refractivity contribution in [3.63, 3.8) is 0 Å². The Morgan fingerprint density at radius 1 is 1.50 bits per heavy atom. The van der Waals surface area contributed by atoms with Crippen molar-refractivity contribution in [2.24, 2.45) is 0 Å². The van der Waals surface area contributed by atoms with Crippen LogP contribution in [0.1, 0.15) is 31.7 Å². The minimum atomic E-state index is -0.949. The molecule has 1 atom stereocenters. The second-order valence-electron chi connectivity index (χ2n) is 5.15. The van der Waals surface area contributed by atoms with Gasteiger partial charge in [-0.1, -0.05) is 6.92 Å². The number of thiophene rings is 1. The Balaban J connectivity index is 2.08. The SMILES string of the molecule is CCC(C(=O)O)N(C)C(=O)N(Cc1ccsc1)C1CC1. The summed E-state index contributed by atoms with van der Waals surface area (Å²) in [6, 6.07) is 1.32. The number of nitrogens with zero attached hydrogens (tertiary/aromatic N) is 2. The molecule has 1 fully saturated rings. The third-order valence-corrected chi connectivity index (χ3v) is 4.34. The van der Waals surface area contributed by atoms with E-state index in [1.54, 1.807) is 30.2 Å². The normalized spacial score (nSPS) is 15.7. The highest BCUT2D eigenvalue weighted by Gasteiger charge is 2.36. The lowest BCUT2D eigenvalue weighted by molar-refractivity contribution is -0.142. The van der Waals surface area contributed by atoms with E-state index >= 15 is 0 Å². The maximum Gasteiger partial charge on any atom is 0.326 e. The van der Waals surface area contributed by atoms with Crippen molar-refractivity contribution in [2.45, 2.75) is 44.8 Å². The zero-order valence-electron chi connectivity index (χ0n) is 11.8. The van der Waals surface area contributed by atoms with Crippen LogP contribution < -0.4 is 0 Å². The topological polar surface area (TPSA) is 60.9 Å². The summed E-state index contributed by atoms with van der Waals surface area (Å²) < 4.78 is 0. The van der Waals surface area contributed by atoms with Gasteiger partial charge in [-0.2, -0.15) is 11.3 Å². The van der Waals surface area contributed by atoms with Crippen LogP contribution >= 0.6 is 11.3 Å². The van der Waals surface area contributed by atoms with E-state index in [1.807, 2.05) is 16.8 Å². The molecule has 0 spiro atoms. The molecule has 5 nitrogen and oxygen atoms in total. The summed E-state index contributed by atoms with van der Waals surface area (Å²) in [5.74, 6) is -0.949. The van der Waals surface area contributed by atoms with E-state index in [0.29, 0.717) is 13.0 Å². The van der Waals surface area contributed by atoms with Gasteiger partial charge >= 0.3 is 12.0 Å². The van der Waals surface area contributed by atoms with Crippen LogP contribution in [0.25, 0.3) is 0 Å². The number of urea groups is 1. The molecule has 2 amide bonds. The van der Waals surface area contributed by atoms with E-state index in [-0.39, 0.29) is 12.1 Å². The number of aliphatic carboxylic acids is 1. The largest absolute Gasteiger partial charge is 0.480 e. The summed E-state index contributed by atoms with van der Waals surface area (Å²) in [5.41, 5.74) is 1.10. The van der Waals surface area contributed by atoms with Crippen LogP contribution in [-0.4, -0.2) is 46.0 Å². The third-order valence-electron chi connectivity index (χ3n) is 3.61. The van der Waals surface area contributed by atoms with Crippen LogP contribution in [0.2, 0.25) is 0 Å². The molecule has 1 aromatic rings. The number of rotatable bonds is 6. The molecule has 1 saturated carbocycles. The Hall–Kier alpha value is -1.56. The van der Waals surface area contributed by atoms with Crippen molar-refractivity contribution >= 4 is 23.3 Å². The molecule has 1 aliphatic rings. The summed E-state index contributed by atoms with van der Waals surface area (Å²) in [5, 5.41) is 13.2. The molecule has 0 radical (unpaired) electrons. The highest BCUT2D eigenvalue weighted by Crippen LogP contribution is 2.30. The van der Waals surface area contributed by atoms with Crippen molar-refractivity contribution in [3.8, 4) is 0 Å².